The third-order valence-corrected chi connectivity index (χ3v) is 8.09. The van der Waals surface area contributed by atoms with Gasteiger partial charge < -0.3 is 10.2 Å². The van der Waals surface area contributed by atoms with Crippen LogP contribution in [-0.4, -0.2) is 53.5 Å². The zero-order valence-corrected chi connectivity index (χ0v) is 17.8. The van der Waals surface area contributed by atoms with Crippen molar-refractivity contribution in [1.82, 2.24) is 10.2 Å². The lowest BCUT2D eigenvalue weighted by Crippen LogP contribution is -2.63. The highest BCUT2D eigenvalue weighted by Gasteiger charge is 2.51. The number of hydrogen-bond donors (Lipinski definition) is 1. The molecule has 1 aliphatic heterocycles. The van der Waals surface area contributed by atoms with Gasteiger partial charge in [-0.2, -0.15) is 0 Å². The molecule has 1 aromatic rings. The number of non-ortho nitro benzene ring substituents is 1. The zero-order valence-electron chi connectivity index (χ0n) is 17.8. The molecule has 0 spiro atoms. The van der Waals surface area contributed by atoms with Crippen LogP contribution in [0.5, 0.6) is 0 Å². The number of amides is 1. The minimum absolute atomic E-state index is 0.0701. The molecule has 0 unspecified atom stereocenters. The van der Waals surface area contributed by atoms with Gasteiger partial charge in [-0.15, -0.1) is 0 Å². The molecule has 7 heteroatoms. The molecule has 4 aliphatic carbocycles. The highest BCUT2D eigenvalue weighted by atomic mass is 16.6. The first-order chi connectivity index (χ1) is 14.4. The van der Waals surface area contributed by atoms with Crippen molar-refractivity contribution in [1.29, 1.82) is 0 Å². The van der Waals surface area contributed by atoms with Crippen LogP contribution in [0.25, 0.3) is 0 Å². The van der Waals surface area contributed by atoms with Gasteiger partial charge in [-0.1, -0.05) is 0 Å². The zero-order chi connectivity index (χ0) is 20.9. The van der Waals surface area contributed by atoms with E-state index in [2.05, 4.69) is 15.1 Å². The van der Waals surface area contributed by atoms with E-state index in [4.69, 9.17) is 0 Å². The van der Waals surface area contributed by atoms with Crippen LogP contribution < -0.4 is 10.2 Å². The molecule has 5 aliphatic rings. The first-order valence-electron chi connectivity index (χ1n) is 11.5. The summed E-state index contributed by atoms with van der Waals surface area (Å²) in [5, 5.41) is 14.4. The van der Waals surface area contributed by atoms with E-state index in [0.717, 1.165) is 49.6 Å². The topological polar surface area (TPSA) is 78.7 Å². The largest absolute Gasteiger partial charge is 0.369 e. The van der Waals surface area contributed by atoms with Crippen molar-refractivity contribution in [3.05, 3.63) is 34.4 Å². The molecule has 4 bridgehead atoms. The number of hydrogen-bond acceptors (Lipinski definition) is 5. The van der Waals surface area contributed by atoms with E-state index in [-0.39, 0.29) is 28.1 Å². The highest BCUT2D eigenvalue weighted by Crippen LogP contribution is 2.55. The van der Waals surface area contributed by atoms with Crippen LogP contribution in [0.4, 0.5) is 11.4 Å². The number of nitro benzene ring substituents is 1. The fraction of sp³-hybridized carbons (Fsp3) is 0.696. The number of carbonyl (C=O) groups is 1. The van der Waals surface area contributed by atoms with Crippen molar-refractivity contribution in [2.75, 3.05) is 31.1 Å². The molecule has 1 amide bonds. The van der Waals surface area contributed by atoms with E-state index in [1.807, 2.05) is 19.1 Å². The molecule has 1 atom stereocenters. The number of carbonyl (C=O) groups excluding carboxylic acids is 1. The lowest BCUT2D eigenvalue weighted by Gasteiger charge is -2.57. The molecule has 1 aromatic carbocycles. The van der Waals surface area contributed by atoms with Gasteiger partial charge in [-0.3, -0.25) is 19.8 Å². The second-order valence-electron chi connectivity index (χ2n) is 10.2. The summed E-state index contributed by atoms with van der Waals surface area (Å²) >= 11 is 0. The third kappa shape index (κ3) is 3.68. The predicted octanol–water partition coefficient (Wildman–Crippen LogP) is 3.19. The van der Waals surface area contributed by atoms with Crippen molar-refractivity contribution in [3.63, 3.8) is 0 Å². The summed E-state index contributed by atoms with van der Waals surface area (Å²) in [7, 11) is 0. The van der Waals surface area contributed by atoms with E-state index in [1.54, 1.807) is 12.1 Å². The number of benzene rings is 1. The van der Waals surface area contributed by atoms with E-state index in [1.165, 1.54) is 38.5 Å². The molecule has 0 radical (unpaired) electrons. The third-order valence-electron chi connectivity index (χ3n) is 8.09. The van der Waals surface area contributed by atoms with Crippen molar-refractivity contribution >= 4 is 17.3 Å². The van der Waals surface area contributed by atoms with Gasteiger partial charge in [0.1, 0.15) is 0 Å². The Morgan fingerprint density at radius 3 is 2.07 bits per heavy atom. The minimum atomic E-state index is -0.369. The minimum Gasteiger partial charge on any atom is -0.369 e. The van der Waals surface area contributed by atoms with E-state index in [0.29, 0.717) is 0 Å². The quantitative estimate of drug-likeness (QED) is 0.594. The highest BCUT2D eigenvalue weighted by molar-refractivity contribution is 5.82. The van der Waals surface area contributed by atoms with Crippen LogP contribution in [0.3, 0.4) is 0 Å². The smallest absolute Gasteiger partial charge is 0.269 e. The Balaban J connectivity index is 1.16. The van der Waals surface area contributed by atoms with Crippen molar-refractivity contribution < 1.29 is 9.72 Å². The number of anilines is 1. The van der Waals surface area contributed by atoms with Gasteiger partial charge in [0.25, 0.3) is 5.69 Å². The standard InChI is InChI=1S/C23H32N4O3/c1-16(22(28)24-23-13-17-10-18(14-23)12-19(11-17)15-23)25-6-8-26(9-7-25)20-2-4-21(5-3-20)27(29)30/h2-5,16-19H,6-15H2,1H3,(H,24,28)/t16-,17?,18?,19?,23?/m0/s1. The average molecular weight is 413 g/mol. The Kier molecular flexibility index (Phi) is 4.96. The Bertz CT molecular complexity index is 781. The number of nitrogens with zero attached hydrogens (tertiary/aromatic N) is 3. The van der Waals surface area contributed by atoms with Gasteiger partial charge in [0, 0.05) is 49.5 Å². The van der Waals surface area contributed by atoms with Gasteiger partial charge in [0.05, 0.1) is 11.0 Å². The fourth-order valence-electron chi connectivity index (χ4n) is 6.95. The molecular formula is C23H32N4O3. The maximum Gasteiger partial charge on any atom is 0.269 e. The Morgan fingerprint density at radius 2 is 1.57 bits per heavy atom. The first-order valence-corrected chi connectivity index (χ1v) is 11.5. The normalized spacial score (nSPS) is 34.0. The summed E-state index contributed by atoms with van der Waals surface area (Å²) in [5.41, 5.74) is 1.19. The Labute approximate surface area is 177 Å². The SMILES string of the molecule is C[C@@H](C(=O)NC12CC3CC(CC(C3)C1)C2)N1CCN(c2ccc([N+](=O)[O-])cc2)CC1. The molecule has 1 N–H and O–H groups in total. The molecule has 0 aromatic heterocycles. The number of rotatable bonds is 5. The fourth-order valence-corrected chi connectivity index (χ4v) is 6.95. The summed E-state index contributed by atoms with van der Waals surface area (Å²) in [6, 6.07) is 6.64. The predicted molar refractivity (Wildman–Crippen MR) is 115 cm³/mol. The molecule has 4 saturated carbocycles. The maximum absolute atomic E-state index is 13.1. The second-order valence-corrected chi connectivity index (χ2v) is 10.2. The van der Waals surface area contributed by atoms with Gasteiger partial charge in [-0.05, 0) is 75.3 Å². The number of nitrogens with one attached hydrogen (secondary N) is 1. The molecular weight excluding hydrogens is 380 g/mol. The average Bonchev–Trinajstić information content (AvgIpc) is 2.72. The molecule has 1 heterocycles. The summed E-state index contributed by atoms with van der Waals surface area (Å²) in [6.45, 7) is 5.34. The number of nitro groups is 1. The van der Waals surface area contributed by atoms with Crippen molar-refractivity contribution in [2.45, 2.75) is 57.0 Å². The molecule has 7 nitrogen and oxygen atoms in total. The molecule has 5 fully saturated rings. The molecule has 1 saturated heterocycles. The second kappa shape index (κ2) is 7.52. The van der Waals surface area contributed by atoms with Crippen LogP contribution >= 0.6 is 0 Å². The van der Waals surface area contributed by atoms with Gasteiger partial charge in [0.2, 0.25) is 5.91 Å². The molecule has 30 heavy (non-hydrogen) atoms. The summed E-state index contributed by atoms with van der Waals surface area (Å²) in [6.07, 6.45) is 7.71. The Hall–Kier alpha value is -2.15. The van der Waals surface area contributed by atoms with Gasteiger partial charge in [-0.25, -0.2) is 0 Å². The van der Waals surface area contributed by atoms with Crippen LogP contribution in [0.1, 0.15) is 45.4 Å². The van der Waals surface area contributed by atoms with Crippen LogP contribution in [0, 0.1) is 27.9 Å². The van der Waals surface area contributed by atoms with E-state index < -0.39 is 0 Å². The number of piperazine rings is 1. The van der Waals surface area contributed by atoms with Crippen LogP contribution in [0.2, 0.25) is 0 Å². The molecule has 6 rings (SSSR count). The lowest BCUT2D eigenvalue weighted by atomic mass is 9.53. The van der Waals surface area contributed by atoms with Crippen molar-refractivity contribution in [2.24, 2.45) is 17.8 Å². The monoisotopic (exact) mass is 412 g/mol. The lowest BCUT2D eigenvalue weighted by molar-refractivity contribution is -0.384. The van der Waals surface area contributed by atoms with Crippen LogP contribution in [0.15, 0.2) is 24.3 Å². The van der Waals surface area contributed by atoms with E-state index in [9.17, 15) is 14.9 Å². The maximum atomic E-state index is 13.1. The summed E-state index contributed by atoms with van der Waals surface area (Å²) < 4.78 is 0. The van der Waals surface area contributed by atoms with E-state index >= 15 is 0 Å². The first kappa shape index (κ1) is 19.8. The summed E-state index contributed by atoms with van der Waals surface area (Å²) in [5.74, 6) is 2.69. The summed E-state index contributed by atoms with van der Waals surface area (Å²) in [4.78, 5) is 28.1. The Morgan fingerprint density at radius 1 is 1.03 bits per heavy atom. The van der Waals surface area contributed by atoms with Crippen LogP contribution in [-0.2, 0) is 4.79 Å². The molecule has 162 valence electrons. The van der Waals surface area contributed by atoms with Crippen molar-refractivity contribution in [3.8, 4) is 0 Å². The van der Waals surface area contributed by atoms with Gasteiger partial charge in [0.15, 0.2) is 0 Å². The van der Waals surface area contributed by atoms with Gasteiger partial charge >= 0.3 is 0 Å².